The Morgan fingerprint density at radius 3 is 2.53 bits per heavy atom. The van der Waals surface area contributed by atoms with Gasteiger partial charge in [-0.3, -0.25) is 4.79 Å². The molecule has 1 aromatic rings. The molecular weight excluding hydrogens is 197 g/mol. The van der Waals surface area contributed by atoms with Crippen molar-refractivity contribution in [2.24, 2.45) is 0 Å². The third-order valence-corrected chi connectivity index (χ3v) is 1.68. The Labute approximate surface area is 88.2 Å². The molecule has 0 saturated carbocycles. The molecule has 82 valence electrons. The summed E-state index contributed by atoms with van der Waals surface area (Å²) in [6.45, 7) is 3.71. The summed E-state index contributed by atoms with van der Waals surface area (Å²) >= 11 is 0. The van der Waals surface area contributed by atoms with Crippen LogP contribution in [0.4, 0.5) is 10.1 Å². The standard InChI is InChI=1S/C11H14FNO2/c1-8(2)15-7-11(14)13-10-5-3-9(12)4-6-10/h3-6,8H,7H2,1-2H3,(H,13,14). The smallest absolute Gasteiger partial charge is 0.250 e. The lowest BCUT2D eigenvalue weighted by molar-refractivity contribution is -0.121. The Morgan fingerprint density at radius 2 is 2.00 bits per heavy atom. The fourth-order valence-corrected chi connectivity index (χ4v) is 0.973. The summed E-state index contributed by atoms with van der Waals surface area (Å²) in [4.78, 5) is 11.3. The molecule has 4 heteroatoms. The van der Waals surface area contributed by atoms with Crippen molar-refractivity contribution in [2.45, 2.75) is 20.0 Å². The van der Waals surface area contributed by atoms with Gasteiger partial charge in [0.15, 0.2) is 0 Å². The maximum absolute atomic E-state index is 12.5. The number of hydrogen-bond acceptors (Lipinski definition) is 2. The highest BCUT2D eigenvalue weighted by molar-refractivity contribution is 5.91. The number of carbonyl (C=O) groups is 1. The summed E-state index contributed by atoms with van der Waals surface area (Å²) in [5.74, 6) is -0.568. The fraction of sp³-hybridized carbons (Fsp3) is 0.364. The van der Waals surface area contributed by atoms with Crippen LogP contribution in [0.1, 0.15) is 13.8 Å². The minimum atomic E-state index is -0.327. The zero-order chi connectivity index (χ0) is 11.3. The van der Waals surface area contributed by atoms with E-state index in [4.69, 9.17) is 4.74 Å². The van der Waals surface area contributed by atoms with E-state index in [1.807, 2.05) is 13.8 Å². The van der Waals surface area contributed by atoms with Gasteiger partial charge in [0.25, 0.3) is 0 Å². The minimum absolute atomic E-state index is 0.00897. The van der Waals surface area contributed by atoms with E-state index in [2.05, 4.69) is 5.32 Å². The lowest BCUT2D eigenvalue weighted by Gasteiger charge is -2.08. The van der Waals surface area contributed by atoms with Crippen LogP contribution in [0.3, 0.4) is 0 Å². The lowest BCUT2D eigenvalue weighted by Crippen LogP contribution is -2.20. The highest BCUT2D eigenvalue weighted by Gasteiger charge is 2.03. The van der Waals surface area contributed by atoms with Crippen LogP contribution in [0.25, 0.3) is 0 Å². The average Bonchev–Trinajstić information content (AvgIpc) is 2.19. The fourth-order valence-electron chi connectivity index (χ4n) is 0.973. The van der Waals surface area contributed by atoms with Crippen molar-refractivity contribution in [3.8, 4) is 0 Å². The highest BCUT2D eigenvalue weighted by atomic mass is 19.1. The number of anilines is 1. The Balaban J connectivity index is 2.41. The first-order chi connectivity index (χ1) is 7.08. The maximum atomic E-state index is 12.5. The number of nitrogens with one attached hydrogen (secondary N) is 1. The van der Waals surface area contributed by atoms with E-state index in [-0.39, 0.29) is 24.4 Å². The predicted molar refractivity (Wildman–Crippen MR) is 56.1 cm³/mol. The van der Waals surface area contributed by atoms with E-state index in [9.17, 15) is 9.18 Å². The molecule has 0 aliphatic rings. The van der Waals surface area contributed by atoms with Crippen molar-refractivity contribution in [3.63, 3.8) is 0 Å². The van der Waals surface area contributed by atoms with E-state index in [0.717, 1.165) is 0 Å². The van der Waals surface area contributed by atoms with Crippen LogP contribution in [-0.4, -0.2) is 18.6 Å². The summed E-state index contributed by atoms with van der Waals surface area (Å²) in [5.41, 5.74) is 0.564. The summed E-state index contributed by atoms with van der Waals surface area (Å²) < 4.78 is 17.7. The molecule has 0 spiro atoms. The SMILES string of the molecule is CC(C)OCC(=O)Nc1ccc(F)cc1. The first-order valence-corrected chi connectivity index (χ1v) is 4.75. The second-order valence-corrected chi connectivity index (χ2v) is 3.41. The molecule has 1 amide bonds. The number of amides is 1. The first kappa shape index (κ1) is 11.7. The second-order valence-electron chi connectivity index (χ2n) is 3.41. The van der Waals surface area contributed by atoms with Crippen molar-refractivity contribution in [3.05, 3.63) is 30.1 Å². The van der Waals surface area contributed by atoms with Crippen LogP contribution in [0.2, 0.25) is 0 Å². The Hall–Kier alpha value is -1.42. The summed E-state index contributed by atoms with van der Waals surface area (Å²) in [6.07, 6.45) is 0.0176. The summed E-state index contributed by atoms with van der Waals surface area (Å²) in [7, 11) is 0. The van der Waals surface area contributed by atoms with Gasteiger partial charge in [-0.15, -0.1) is 0 Å². The van der Waals surface area contributed by atoms with Crippen molar-refractivity contribution < 1.29 is 13.9 Å². The molecule has 1 rings (SSSR count). The molecule has 0 unspecified atom stereocenters. The Morgan fingerprint density at radius 1 is 1.40 bits per heavy atom. The van der Waals surface area contributed by atoms with E-state index in [1.54, 1.807) is 0 Å². The normalized spacial score (nSPS) is 10.4. The van der Waals surface area contributed by atoms with Gasteiger partial charge in [0, 0.05) is 5.69 Å². The highest BCUT2D eigenvalue weighted by Crippen LogP contribution is 2.07. The zero-order valence-corrected chi connectivity index (χ0v) is 8.79. The van der Waals surface area contributed by atoms with Gasteiger partial charge in [0.1, 0.15) is 12.4 Å². The van der Waals surface area contributed by atoms with Gasteiger partial charge in [0.2, 0.25) is 5.91 Å². The van der Waals surface area contributed by atoms with Gasteiger partial charge in [-0.05, 0) is 38.1 Å². The number of rotatable bonds is 4. The maximum Gasteiger partial charge on any atom is 0.250 e. The number of ether oxygens (including phenoxy) is 1. The molecule has 0 aromatic heterocycles. The summed E-state index contributed by atoms with van der Waals surface area (Å²) in [5, 5.41) is 2.59. The number of benzene rings is 1. The number of hydrogen-bond donors (Lipinski definition) is 1. The van der Waals surface area contributed by atoms with Gasteiger partial charge in [-0.2, -0.15) is 0 Å². The van der Waals surface area contributed by atoms with Crippen molar-refractivity contribution in [1.29, 1.82) is 0 Å². The molecule has 0 aliphatic heterocycles. The van der Waals surface area contributed by atoms with Crippen LogP contribution in [0.15, 0.2) is 24.3 Å². The molecule has 3 nitrogen and oxygen atoms in total. The monoisotopic (exact) mass is 211 g/mol. The average molecular weight is 211 g/mol. The third kappa shape index (κ3) is 4.56. The predicted octanol–water partition coefficient (Wildman–Crippen LogP) is 2.19. The van der Waals surface area contributed by atoms with E-state index >= 15 is 0 Å². The second kappa shape index (κ2) is 5.46. The van der Waals surface area contributed by atoms with E-state index in [1.165, 1.54) is 24.3 Å². The van der Waals surface area contributed by atoms with Crippen LogP contribution < -0.4 is 5.32 Å². The first-order valence-electron chi connectivity index (χ1n) is 4.75. The van der Waals surface area contributed by atoms with Crippen LogP contribution >= 0.6 is 0 Å². The molecule has 15 heavy (non-hydrogen) atoms. The molecule has 1 aromatic carbocycles. The number of carbonyl (C=O) groups excluding carboxylic acids is 1. The van der Waals surface area contributed by atoms with Crippen LogP contribution in [0.5, 0.6) is 0 Å². The minimum Gasteiger partial charge on any atom is -0.369 e. The van der Waals surface area contributed by atoms with Crippen LogP contribution in [-0.2, 0) is 9.53 Å². The molecule has 1 N–H and O–H groups in total. The molecular formula is C11H14FNO2. The van der Waals surface area contributed by atoms with Crippen LogP contribution in [0, 0.1) is 5.82 Å². The van der Waals surface area contributed by atoms with E-state index < -0.39 is 0 Å². The largest absolute Gasteiger partial charge is 0.369 e. The van der Waals surface area contributed by atoms with Gasteiger partial charge >= 0.3 is 0 Å². The Kier molecular flexibility index (Phi) is 4.24. The molecule has 0 fully saturated rings. The molecule has 0 saturated heterocycles. The van der Waals surface area contributed by atoms with Crippen molar-refractivity contribution in [2.75, 3.05) is 11.9 Å². The lowest BCUT2D eigenvalue weighted by atomic mass is 10.3. The number of halogens is 1. The summed E-state index contributed by atoms with van der Waals surface area (Å²) in [6, 6.07) is 5.59. The van der Waals surface area contributed by atoms with Gasteiger partial charge in [0.05, 0.1) is 6.10 Å². The molecule has 0 heterocycles. The molecule has 0 radical (unpaired) electrons. The molecule has 0 atom stereocenters. The molecule has 0 bridgehead atoms. The van der Waals surface area contributed by atoms with Crippen molar-refractivity contribution >= 4 is 11.6 Å². The zero-order valence-electron chi connectivity index (χ0n) is 8.79. The quantitative estimate of drug-likeness (QED) is 0.829. The van der Waals surface area contributed by atoms with Gasteiger partial charge < -0.3 is 10.1 Å². The third-order valence-electron chi connectivity index (χ3n) is 1.68. The Bertz CT molecular complexity index is 322. The van der Waals surface area contributed by atoms with Crippen molar-refractivity contribution in [1.82, 2.24) is 0 Å². The van der Waals surface area contributed by atoms with E-state index in [0.29, 0.717) is 5.69 Å². The van der Waals surface area contributed by atoms with Gasteiger partial charge in [-0.1, -0.05) is 0 Å². The van der Waals surface area contributed by atoms with Gasteiger partial charge in [-0.25, -0.2) is 4.39 Å². The topological polar surface area (TPSA) is 38.3 Å². The molecule has 0 aliphatic carbocycles.